The fourth-order valence-electron chi connectivity index (χ4n) is 2.16. The molecule has 2 aromatic heterocycles. The second kappa shape index (κ2) is 6.79. The van der Waals surface area contributed by atoms with E-state index in [1.54, 1.807) is 12.1 Å². The number of carbonyl (C=O) groups is 1. The number of hydrogen-bond acceptors (Lipinski definition) is 7. The van der Waals surface area contributed by atoms with Crippen molar-refractivity contribution in [3.05, 3.63) is 45.6 Å². The van der Waals surface area contributed by atoms with Crippen LogP contribution in [0.5, 0.6) is 0 Å². The highest BCUT2D eigenvalue weighted by atomic mass is 32.1. The van der Waals surface area contributed by atoms with E-state index in [0.717, 1.165) is 26.2 Å². The van der Waals surface area contributed by atoms with Crippen molar-refractivity contribution in [2.45, 2.75) is 6.92 Å². The van der Waals surface area contributed by atoms with Gasteiger partial charge in [0.2, 0.25) is 6.41 Å². The number of amides is 1. The molecule has 2 heterocycles. The van der Waals surface area contributed by atoms with E-state index in [4.69, 9.17) is 10.5 Å². The van der Waals surface area contributed by atoms with E-state index in [0.29, 0.717) is 5.82 Å². The number of nitrogen functional groups attached to an aromatic ring is 1. The molecule has 9 heteroatoms. The van der Waals surface area contributed by atoms with Crippen LogP contribution >= 0.6 is 11.3 Å². The van der Waals surface area contributed by atoms with Gasteiger partial charge in [-0.25, -0.2) is 9.97 Å². The Morgan fingerprint density at radius 3 is 2.43 bits per heavy atom. The number of nitro groups is 1. The smallest absolute Gasteiger partial charge is 0.269 e. The van der Waals surface area contributed by atoms with Crippen LogP contribution in [0.2, 0.25) is 0 Å². The topological polar surface area (TPSA) is 138 Å². The van der Waals surface area contributed by atoms with Gasteiger partial charge in [0.25, 0.3) is 5.69 Å². The van der Waals surface area contributed by atoms with Crippen molar-refractivity contribution in [2.24, 2.45) is 5.73 Å². The van der Waals surface area contributed by atoms with Crippen LogP contribution in [0.25, 0.3) is 21.3 Å². The zero-order chi connectivity index (χ0) is 17.0. The normalized spacial score (nSPS) is 9.96. The van der Waals surface area contributed by atoms with Gasteiger partial charge in [-0.1, -0.05) is 0 Å². The first-order valence-electron chi connectivity index (χ1n) is 6.39. The number of fused-ring (bicyclic) bond motifs is 1. The highest BCUT2D eigenvalue weighted by molar-refractivity contribution is 7.19. The molecule has 0 bridgehead atoms. The van der Waals surface area contributed by atoms with Crippen LogP contribution in [0, 0.1) is 17.0 Å². The largest absolute Gasteiger partial charge is 0.383 e. The Bertz CT molecular complexity index is 861. The number of nitrogens with two attached hydrogens (primary N) is 2. The van der Waals surface area contributed by atoms with Crippen LogP contribution in [0.4, 0.5) is 11.5 Å². The third kappa shape index (κ3) is 3.24. The molecule has 1 amide bonds. The summed E-state index contributed by atoms with van der Waals surface area (Å²) >= 11 is 1.53. The third-order valence-electron chi connectivity index (χ3n) is 3.06. The van der Waals surface area contributed by atoms with Crippen molar-refractivity contribution in [1.82, 2.24) is 9.97 Å². The maximum absolute atomic E-state index is 10.7. The van der Waals surface area contributed by atoms with Gasteiger partial charge in [-0.2, -0.15) is 0 Å². The number of nitro benzene ring substituents is 1. The Labute approximate surface area is 134 Å². The zero-order valence-corrected chi connectivity index (χ0v) is 12.9. The van der Waals surface area contributed by atoms with Gasteiger partial charge in [-0.15, -0.1) is 11.3 Å². The molecular weight excluding hydrogens is 318 g/mol. The molecule has 118 valence electrons. The number of benzene rings is 1. The van der Waals surface area contributed by atoms with E-state index in [-0.39, 0.29) is 12.1 Å². The Kier molecular flexibility index (Phi) is 4.82. The van der Waals surface area contributed by atoms with Crippen molar-refractivity contribution < 1.29 is 9.72 Å². The zero-order valence-electron chi connectivity index (χ0n) is 12.1. The molecule has 0 saturated carbocycles. The molecular formula is C14H13N5O3S. The number of rotatable bonds is 2. The summed E-state index contributed by atoms with van der Waals surface area (Å²) in [5.74, 6) is 0.424. The number of aromatic nitrogens is 2. The fraction of sp³-hybridized carbons (Fsp3) is 0.0714. The summed E-state index contributed by atoms with van der Waals surface area (Å²) in [6.07, 6.45) is 1.69. The molecule has 3 aromatic rings. The highest BCUT2D eigenvalue weighted by Gasteiger charge is 2.16. The summed E-state index contributed by atoms with van der Waals surface area (Å²) in [6.45, 7) is 1.97. The fourth-order valence-corrected chi connectivity index (χ4v) is 3.18. The lowest BCUT2D eigenvalue weighted by atomic mass is 10.0. The molecule has 0 aliphatic carbocycles. The molecule has 0 aliphatic rings. The van der Waals surface area contributed by atoms with Crippen LogP contribution in [0.1, 0.15) is 4.88 Å². The molecule has 0 fully saturated rings. The van der Waals surface area contributed by atoms with Gasteiger partial charge < -0.3 is 11.5 Å². The first kappa shape index (κ1) is 16.3. The van der Waals surface area contributed by atoms with Gasteiger partial charge in [0, 0.05) is 22.6 Å². The van der Waals surface area contributed by atoms with Gasteiger partial charge in [0.1, 0.15) is 17.0 Å². The predicted molar refractivity (Wildman–Crippen MR) is 88.9 cm³/mol. The molecule has 8 nitrogen and oxygen atoms in total. The number of aryl methyl sites for hydroxylation is 1. The van der Waals surface area contributed by atoms with E-state index in [1.165, 1.54) is 29.8 Å². The van der Waals surface area contributed by atoms with Gasteiger partial charge >= 0.3 is 0 Å². The monoisotopic (exact) mass is 331 g/mol. The third-order valence-corrected chi connectivity index (χ3v) is 4.07. The lowest BCUT2D eigenvalue weighted by Gasteiger charge is -2.03. The molecule has 3 rings (SSSR count). The number of nitrogens with zero attached hydrogens (tertiary/aromatic N) is 3. The Morgan fingerprint density at radius 2 is 1.87 bits per heavy atom. The van der Waals surface area contributed by atoms with Crippen molar-refractivity contribution in [1.29, 1.82) is 0 Å². The van der Waals surface area contributed by atoms with Crippen LogP contribution in [0.3, 0.4) is 0 Å². The molecule has 0 spiro atoms. The summed E-state index contributed by atoms with van der Waals surface area (Å²) < 4.78 is 0. The first-order chi connectivity index (χ1) is 11.0. The quantitative estimate of drug-likeness (QED) is 0.419. The van der Waals surface area contributed by atoms with E-state index in [1.807, 2.05) is 6.92 Å². The van der Waals surface area contributed by atoms with Crippen molar-refractivity contribution >= 4 is 39.5 Å². The van der Waals surface area contributed by atoms with E-state index < -0.39 is 4.92 Å². The molecule has 0 unspecified atom stereocenters. The van der Waals surface area contributed by atoms with Crippen LogP contribution < -0.4 is 11.5 Å². The maximum atomic E-state index is 10.7. The minimum Gasteiger partial charge on any atom is -0.383 e. The SMILES string of the molecule is Cc1sc2ncnc(N)c2c1-c1ccc([N+](=O)[O-])cc1.NC=O. The number of thiophene rings is 1. The summed E-state index contributed by atoms with van der Waals surface area (Å²) in [5, 5.41) is 11.5. The molecule has 0 atom stereocenters. The molecule has 0 saturated heterocycles. The summed E-state index contributed by atoms with van der Waals surface area (Å²) in [6, 6.07) is 6.41. The second-order valence-electron chi connectivity index (χ2n) is 4.41. The minimum atomic E-state index is -0.417. The van der Waals surface area contributed by atoms with Crippen LogP contribution in [-0.4, -0.2) is 21.3 Å². The van der Waals surface area contributed by atoms with Gasteiger partial charge in [0.05, 0.1) is 10.3 Å². The Hall–Kier alpha value is -3.07. The summed E-state index contributed by atoms with van der Waals surface area (Å²) in [4.78, 5) is 29.0. The van der Waals surface area contributed by atoms with E-state index >= 15 is 0 Å². The van der Waals surface area contributed by atoms with Gasteiger partial charge in [-0.3, -0.25) is 14.9 Å². The molecule has 0 aliphatic heterocycles. The number of non-ortho nitro benzene ring substituents is 1. The predicted octanol–water partition coefficient (Wildman–Crippen LogP) is 2.26. The average molecular weight is 331 g/mol. The second-order valence-corrected chi connectivity index (χ2v) is 5.62. The van der Waals surface area contributed by atoms with Crippen LogP contribution in [-0.2, 0) is 4.79 Å². The summed E-state index contributed by atoms with van der Waals surface area (Å²) in [5.41, 5.74) is 12.0. The summed E-state index contributed by atoms with van der Waals surface area (Å²) in [7, 11) is 0. The van der Waals surface area contributed by atoms with Gasteiger partial charge in [-0.05, 0) is 24.6 Å². The van der Waals surface area contributed by atoms with E-state index in [2.05, 4.69) is 15.7 Å². The van der Waals surface area contributed by atoms with Crippen molar-refractivity contribution in [2.75, 3.05) is 5.73 Å². The number of hydrogen-bond donors (Lipinski definition) is 2. The van der Waals surface area contributed by atoms with Gasteiger partial charge in [0.15, 0.2) is 0 Å². The molecule has 0 radical (unpaired) electrons. The standard InChI is InChI=1S/C13H10N4O2S.CH3NO/c1-7-10(8-2-4-9(5-3-8)17(18)19)11-12(14)15-6-16-13(11)20-7;2-1-3/h2-6H,1H3,(H2,14,15,16);1H,(H2,2,3). The average Bonchev–Trinajstić information content (AvgIpc) is 2.85. The molecule has 4 N–H and O–H groups in total. The number of carbonyl (C=O) groups excluding carboxylic acids is 1. The Morgan fingerprint density at radius 1 is 1.26 bits per heavy atom. The highest BCUT2D eigenvalue weighted by Crippen LogP contribution is 2.39. The molecule has 1 aromatic carbocycles. The number of primary amides is 1. The molecule has 23 heavy (non-hydrogen) atoms. The maximum Gasteiger partial charge on any atom is 0.269 e. The van der Waals surface area contributed by atoms with E-state index in [9.17, 15) is 10.1 Å². The lowest BCUT2D eigenvalue weighted by molar-refractivity contribution is -0.384. The van der Waals surface area contributed by atoms with Crippen molar-refractivity contribution in [3.8, 4) is 11.1 Å². The van der Waals surface area contributed by atoms with Crippen LogP contribution in [0.15, 0.2) is 30.6 Å². The number of anilines is 1. The Balaban J connectivity index is 0.000000595. The van der Waals surface area contributed by atoms with Crippen molar-refractivity contribution in [3.63, 3.8) is 0 Å². The first-order valence-corrected chi connectivity index (χ1v) is 7.21. The lowest BCUT2D eigenvalue weighted by Crippen LogP contribution is -1.92. The minimum absolute atomic E-state index is 0.0650.